The predicted octanol–water partition coefficient (Wildman–Crippen LogP) is 5.37. The minimum atomic E-state index is -0.433. The molecule has 0 aliphatic rings. The first-order chi connectivity index (χ1) is 14.1. The van der Waals surface area contributed by atoms with E-state index in [1.165, 1.54) is 0 Å². The van der Waals surface area contributed by atoms with E-state index in [0.29, 0.717) is 22.8 Å². The number of pyridine rings is 1. The van der Waals surface area contributed by atoms with Crippen molar-refractivity contribution in [3.8, 4) is 28.5 Å². The van der Waals surface area contributed by atoms with Gasteiger partial charge in [-0.05, 0) is 54.4 Å². The SMILES string of the molecule is CCOC(=O)c1ccc(-c2ccc3ncc(-c4ccc(C#N)cc4)n3c2)cc1Cl. The molecule has 2 aromatic heterocycles. The summed E-state index contributed by atoms with van der Waals surface area (Å²) in [7, 11) is 0. The Kier molecular flexibility index (Phi) is 5.03. The molecule has 0 aliphatic heterocycles. The zero-order chi connectivity index (χ0) is 20.4. The van der Waals surface area contributed by atoms with E-state index in [2.05, 4.69) is 11.1 Å². The van der Waals surface area contributed by atoms with Crippen molar-refractivity contribution < 1.29 is 9.53 Å². The molecule has 0 saturated carbocycles. The van der Waals surface area contributed by atoms with Crippen LogP contribution in [0.25, 0.3) is 28.0 Å². The Balaban J connectivity index is 1.75. The fourth-order valence-corrected chi connectivity index (χ4v) is 3.41. The van der Waals surface area contributed by atoms with Crippen molar-refractivity contribution in [2.24, 2.45) is 0 Å². The summed E-state index contributed by atoms with van der Waals surface area (Å²) < 4.78 is 7.02. The number of benzene rings is 2. The van der Waals surface area contributed by atoms with E-state index < -0.39 is 5.97 Å². The summed E-state index contributed by atoms with van der Waals surface area (Å²) in [6.07, 6.45) is 3.78. The maximum Gasteiger partial charge on any atom is 0.339 e. The predicted molar refractivity (Wildman–Crippen MR) is 112 cm³/mol. The summed E-state index contributed by atoms with van der Waals surface area (Å²) in [5.41, 5.74) is 5.46. The van der Waals surface area contributed by atoms with Crippen molar-refractivity contribution in [3.05, 3.63) is 83.1 Å². The van der Waals surface area contributed by atoms with E-state index in [1.807, 2.05) is 40.9 Å². The van der Waals surface area contributed by atoms with Crippen LogP contribution in [-0.4, -0.2) is 22.0 Å². The van der Waals surface area contributed by atoms with E-state index in [4.69, 9.17) is 21.6 Å². The molecule has 2 heterocycles. The third-order valence-electron chi connectivity index (χ3n) is 4.61. The Morgan fingerprint density at radius 1 is 1.10 bits per heavy atom. The lowest BCUT2D eigenvalue weighted by Crippen LogP contribution is -2.05. The number of rotatable bonds is 4. The van der Waals surface area contributed by atoms with Gasteiger partial charge in [0.15, 0.2) is 0 Å². The molecule has 2 aromatic carbocycles. The average molecular weight is 402 g/mol. The molecule has 29 heavy (non-hydrogen) atoms. The minimum Gasteiger partial charge on any atom is -0.462 e. The largest absolute Gasteiger partial charge is 0.462 e. The Morgan fingerprint density at radius 3 is 2.52 bits per heavy atom. The summed E-state index contributed by atoms with van der Waals surface area (Å²) >= 11 is 6.32. The zero-order valence-electron chi connectivity index (χ0n) is 15.6. The lowest BCUT2D eigenvalue weighted by molar-refractivity contribution is 0.0526. The highest BCUT2D eigenvalue weighted by Crippen LogP contribution is 2.28. The molecule has 6 heteroatoms. The van der Waals surface area contributed by atoms with Crippen LogP contribution >= 0.6 is 11.6 Å². The van der Waals surface area contributed by atoms with Gasteiger partial charge in [-0.1, -0.05) is 29.8 Å². The van der Waals surface area contributed by atoms with Crippen molar-refractivity contribution >= 4 is 23.2 Å². The third kappa shape index (κ3) is 3.58. The first-order valence-corrected chi connectivity index (χ1v) is 9.43. The fourth-order valence-electron chi connectivity index (χ4n) is 3.15. The second kappa shape index (κ2) is 7.78. The lowest BCUT2D eigenvalue weighted by Gasteiger charge is -2.09. The number of ether oxygens (including phenoxy) is 1. The van der Waals surface area contributed by atoms with Crippen molar-refractivity contribution in [3.63, 3.8) is 0 Å². The van der Waals surface area contributed by atoms with Gasteiger partial charge in [0.1, 0.15) is 5.65 Å². The van der Waals surface area contributed by atoms with Crippen molar-refractivity contribution in [2.45, 2.75) is 6.92 Å². The second-order valence-electron chi connectivity index (χ2n) is 6.39. The van der Waals surface area contributed by atoms with Crippen LogP contribution < -0.4 is 0 Å². The third-order valence-corrected chi connectivity index (χ3v) is 4.93. The Hall–Kier alpha value is -3.62. The number of halogens is 1. The Labute approximate surface area is 172 Å². The molecule has 142 valence electrons. The van der Waals surface area contributed by atoms with Crippen LogP contribution in [0.4, 0.5) is 0 Å². The number of imidazole rings is 1. The highest BCUT2D eigenvalue weighted by molar-refractivity contribution is 6.33. The monoisotopic (exact) mass is 401 g/mol. The smallest absolute Gasteiger partial charge is 0.339 e. The van der Waals surface area contributed by atoms with Gasteiger partial charge in [-0.3, -0.25) is 4.40 Å². The maximum atomic E-state index is 12.0. The van der Waals surface area contributed by atoms with Gasteiger partial charge < -0.3 is 4.74 Å². The average Bonchev–Trinajstić information content (AvgIpc) is 3.17. The van der Waals surface area contributed by atoms with Gasteiger partial charge in [0, 0.05) is 11.8 Å². The van der Waals surface area contributed by atoms with E-state index >= 15 is 0 Å². The Bertz CT molecular complexity index is 1250. The topological polar surface area (TPSA) is 67.4 Å². The van der Waals surface area contributed by atoms with Crippen LogP contribution in [0.15, 0.2) is 67.0 Å². The normalized spacial score (nSPS) is 10.7. The molecule has 0 unspecified atom stereocenters. The van der Waals surface area contributed by atoms with E-state index in [1.54, 1.807) is 37.4 Å². The molecule has 0 atom stereocenters. The number of aromatic nitrogens is 2. The van der Waals surface area contributed by atoms with Gasteiger partial charge >= 0.3 is 5.97 Å². The molecule has 5 nitrogen and oxygen atoms in total. The summed E-state index contributed by atoms with van der Waals surface area (Å²) in [6.45, 7) is 2.05. The molecule has 0 amide bonds. The molecule has 0 spiro atoms. The van der Waals surface area contributed by atoms with Gasteiger partial charge in [-0.2, -0.15) is 5.26 Å². The van der Waals surface area contributed by atoms with E-state index in [0.717, 1.165) is 28.0 Å². The van der Waals surface area contributed by atoms with Crippen LogP contribution in [-0.2, 0) is 4.74 Å². The summed E-state index contributed by atoms with van der Waals surface area (Å²) in [4.78, 5) is 16.4. The number of carbonyl (C=O) groups is 1. The molecule has 0 radical (unpaired) electrons. The van der Waals surface area contributed by atoms with Gasteiger partial charge in [-0.15, -0.1) is 0 Å². The van der Waals surface area contributed by atoms with Crippen LogP contribution in [0.1, 0.15) is 22.8 Å². The molecule has 0 bridgehead atoms. The summed E-state index contributed by atoms with van der Waals surface area (Å²) in [5, 5.41) is 9.34. The van der Waals surface area contributed by atoms with Crippen LogP contribution in [0.3, 0.4) is 0 Å². The van der Waals surface area contributed by atoms with E-state index in [9.17, 15) is 4.79 Å². The van der Waals surface area contributed by atoms with Gasteiger partial charge in [0.05, 0.1) is 40.7 Å². The Morgan fingerprint density at radius 2 is 1.83 bits per heavy atom. The number of nitrogens with zero attached hydrogens (tertiary/aromatic N) is 3. The van der Waals surface area contributed by atoms with Gasteiger partial charge in [-0.25, -0.2) is 9.78 Å². The quantitative estimate of drug-likeness (QED) is 0.431. The first-order valence-electron chi connectivity index (χ1n) is 9.05. The second-order valence-corrected chi connectivity index (χ2v) is 6.80. The molecule has 4 rings (SSSR count). The van der Waals surface area contributed by atoms with E-state index in [-0.39, 0.29) is 0 Å². The highest BCUT2D eigenvalue weighted by Gasteiger charge is 2.13. The van der Waals surface area contributed by atoms with Gasteiger partial charge in [0.2, 0.25) is 0 Å². The lowest BCUT2D eigenvalue weighted by atomic mass is 10.1. The molecule has 0 saturated heterocycles. The number of esters is 1. The molecule has 0 aliphatic carbocycles. The standard InChI is InChI=1S/C23H16ClN3O2/c1-2-29-23(28)19-9-7-17(11-20(19)24)18-8-10-22-26-13-21(27(22)14-18)16-5-3-15(12-25)4-6-16/h3-11,13-14H,2H2,1H3. The number of carbonyl (C=O) groups excluding carboxylic acids is 1. The number of hydrogen-bond acceptors (Lipinski definition) is 4. The molecular weight excluding hydrogens is 386 g/mol. The van der Waals surface area contributed by atoms with Crippen molar-refractivity contribution in [1.82, 2.24) is 9.38 Å². The number of fused-ring (bicyclic) bond motifs is 1. The fraction of sp³-hybridized carbons (Fsp3) is 0.0870. The van der Waals surface area contributed by atoms with Crippen molar-refractivity contribution in [1.29, 1.82) is 5.26 Å². The maximum absolute atomic E-state index is 12.0. The number of nitriles is 1. The van der Waals surface area contributed by atoms with Crippen LogP contribution in [0.5, 0.6) is 0 Å². The zero-order valence-corrected chi connectivity index (χ0v) is 16.3. The molecule has 0 fully saturated rings. The van der Waals surface area contributed by atoms with Crippen LogP contribution in [0.2, 0.25) is 5.02 Å². The summed E-state index contributed by atoms with van der Waals surface area (Å²) in [5.74, 6) is -0.433. The van der Waals surface area contributed by atoms with Gasteiger partial charge in [0.25, 0.3) is 0 Å². The minimum absolute atomic E-state index is 0.298. The number of hydrogen-bond donors (Lipinski definition) is 0. The molecule has 0 N–H and O–H groups in total. The first kappa shape index (κ1) is 18.7. The van der Waals surface area contributed by atoms with Crippen molar-refractivity contribution in [2.75, 3.05) is 6.61 Å². The van der Waals surface area contributed by atoms with Crippen LogP contribution in [0, 0.1) is 11.3 Å². The molecule has 4 aromatic rings. The summed E-state index contributed by atoms with van der Waals surface area (Å²) in [6, 6.07) is 18.7. The highest BCUT2D eigenvalue weighted by atomic mass is 35.5. The molecular formula is C23H16ClN3O2.